The van der Waals surface area contributed by atoms with Crippen LogP contribution in [0.15, 0.2) is 28.9 Å². The molecule has 90 valence electrons. The van der Waals surface area contributed by atoms with Gasteiger partial charge in [0.15, 0.2) is 0 Å². The van der Waals surface area contributed by atoms with Crippen molar-refractivity contribution in [1.82, 2.24) is 4.90 Å². The van der Waals surface area contributed by atoms with E-state index in [2.05, 4.69) is 11.0 Å². The molecule has 1 fully saturated rings. The fourth-order valence-electron chi connectivity index (χ4n) is 2.56. The van der Waals surface area contributed by atoms with Crippen molar-refractivity contribution in [2.75, 3.05) is 13.1 Å². The molecular formula is C14H18N2O. The van der Waals surface area contributed by atoms with E-state index in [0.29, 0.717) is 6.54 Å². The first-order valence-electron chi connectivity index (χ1n) is 6.28. The number of nitrogens with zero attached hydrogens (tertiary/aromatic N) is 1. The fraction of sp³-hybridized carbons (Fsp3) is 0.429. The summed E-state index contributed by atoms with van der Waals surface area (Å²) in [6.07, 6.45) is 4.54. The highest BCUT2D eigenvalue weighted by Gasteiger charge is 2.14. The van der Waals surface area contributed by atoms with Gasteiger partial charge in [0.1, 0.15) is 5.58 Å². The quantitative estimate of drug-likeness (QED) is 0.880. The van der Waals surface area contributed by atoms with Crippen LogP contribution < -0.4 is 5.73 Å². The second-order valence-electron chi connectivity index (χ2n) is 4.78. The van der Waals surface area contributed by atoms with E-state index < -0.39 is 0 Å². The fourth-order valence-corrected chi connectivity index (χ4v) is 2.56. The van der Waals surface area contributed by atoms with Crippen LogP contribution in [-0.4, -0.2) is 18.0 Å². The smallest absolute Gasteiger partial charge is 0.134 e. The highest BCUT2D eigenvalue weighted by molar-refractivity contribution is 5.81. The molecule has 1 aliphatic heterocycles. The predicted octanol–water partition coefficient (Wildman–Crippen LogP) is 2.49. The number of benzene rings is 1. The average molecular weight is 230 g/mol. The normalized spacial score (nSPS) is 17.0. The molecule has 2 aromatic rings. The first-order chi connectivity index (χ1) is 8.36. The van der Waals surface area contributed by atoms with Gasteiger partial charge in [0, 0.05) is 24.0 Å². The summed E-state index contributed by atoms with van der Waals surface area (Å²) in [4.78, 5) is 2.49. The molecule has 2 heterocycles. The van der Waals surface area contributed by atoms with Crippen LogP contribution in [0.25, 0.3) is 11.0 Å². The molecule has 17 heavy (non-hydrogen) atoms. The van der Waals surface area contributed by atoms with Crippen LogP contribution in [-0.2, 0) is 13.1 Å². The Morgan fingerprint density at radius 1 is 1.24 bits per heavy atom. The van der Waals surface area contributed by atoms with Gasteiger partial charge in [-0.15, -0.1) is 0 Å². The van der Waals surface area contributed by atoms with Gasteiger partial charge >= 0.3 is 0 Å². The van der Waals surface area contributed by atoms with E-state index in [1.807, 2.05) is 18.4 Å². The number of rotatable bonds is 3. The minimum atomic E-state index is 0.588. The Morgan fingerprint density at radius 2 is 2.06 bits per heavy atom. The van der Waals surface area contributed by atoms with Gasteiger partial charge < -0.3 is 10.2 Å². The van der Waals surface area contributed by atoms with E-state index in [4.69, 9.17) is 10.2 Å². The van der Waals surface area contributed by atoms with E-state index >= 15 is 0 Å². The number of nitrogens with two attached hydrogens (primary N) is 1. The molecule has 1 aliphatic rings. The van der Waals surface area contributed by atoms with Gasteiger partial charge in [0.25, 0.3) is 0 Å². The highest BCUT2D eigenvalue weighted by Crippen LogP contribution is 2.24. The van der Waals surface area contributed by atoms with Crippen LogP contribution >= 0.6 is 0 Å². The molecule has 0 atom stereocenters. The molecule has 0 saturated carbocycles. The second-order valence-corrected chi connectivity index (χ2v) is 4.78. The van der Waals surface area contributed by atoms with Gasteiger partial charge in [-0.25, -0.2) is 0 Å². The lowest BCUT2D eigenvalue weighted by molar-refractivity contribution is 0.331. The summed E-state index contributed by atoms with van der Waals surface area (Å²) in [6, 6.07) is 6.21. The summed E-state index contributed by atoms with van der Waals surface area (Å²) in [6.45, 7) is 4.01. The Kier molecular flexibility index (Phi) is 2.87. The molecule has 0 spiro atoms. The lowest BCUT2D eigenvalue weighted by atomic mass is 10.1. The first-order valence-corrected chi connectivity index (χ1v) is 6.28. The third kappa shape index (κ3) is 2.08. The standard InChI is InChI=1S/C14H18N2O/c15-8-11-3-4-14-13(7-11)12(10-17-14)9-16-5-1-2-6-16/h3-4,7,10H,1-2,5-6,8-9,15H2. The molecule has 2 N–H and O–H groups in total. The number of fused-ring (bicyclic) bond motifs is 1. The van der Waals surface area contributed by atoms with Gasteiger partial charge in [0.2, 0.25) is 0 Å². The van der Waals surface area contributed by atoms with E-state index in [0.717, 1.165) is 12.1 Å². The topological polar surface area (TPSA) is 42.4 Å². The SMILES string of the molecule is NCc1ccc2occ(CN3CCCC3)c2c1. The largest absolute Gasteiger partial charge is 0.464 e. The summed E-state index contributed by atoms with van der Waals surface area (Å²) >= 11 is 0. The zero-order valence-corrected chi connectivity index (χ0v) is 9.98. The van der Waals surface area contributed by atoms with Crippen molar-refractivity contribution < 1.29 is 4.42 Å². The van der Waals surface area contributed by atoms with Crippen molar-refractivity contribution in [1.29, 1.82) is 0 Å². The number of hydrogen-bond acceptors (Lipinski definition) is 3. The molecule has 0 amide bonds. The van der Waals surface area contributed by atoms with E-state index in [1.54, 1.807) is 0 Å². The maximum absolute atomic E-state index is 5.68. The van der Waals surface area contributed by atoms with Crippen LogP contribution in [0.5, 0.6) is 0 Å². The van der Waals surface area contributed by atoms with Crippen LogP contribution in [0.4, 0.5) is 0 Å². The number of furan rings is 1. The van der Waals surface area contributed by atoms with Gasteiger partial charge in [-0.2, -0.15) is 0 Å². The van der Waals surface area contributed by atoms with Gasteiger partial charge in [-0.1, -0.05) is 6.07 Å². The highest BCUT2D eigenvalue weighted by atomic mass is 16.3. The monoisotopic (exact) mass is 230 g/mol. The minimum absolute atomic E-state index is 0.588. The second kappa shape index (κ2) is 4.51. The van der Waals surface area contributed by atoms with Crippen molar-refractivity contribution in [2.45, 2.75) is 25.9 Å². The Hall–Kier alpha value is -1.32. The summed E-state index contributed by atoms with van der Waals surface area (Å²) in [5, 5.41) is 1.22. The summed E-state index contributed by atoms with van der Waals surface area (Å²) in [7, 11) is 0. The van der Waals surface area contributed by atoms with Crippen molar-refractivity contribution in [3.8, 4) is 0 Å². The molecule has 1 aromatic heterocycles. The van der Waals surface area contributed by atoms with E-state index in [1.165, 1.54) is 42.4 Å². The predicted molar refractivity (Wildman–Crippen MR) is 68.6 cm³/mol. The van der Waals surface area contributed by atoms with Gasteiger partial charge in [-0.3, -0.25) is 4.90 Å². The Labute approximate surface area is 101 Å². The van der Waals surface area contributed by atoms with E-state index in [9.17, 15) is 0 Å². The molecule has 1 saturated heterocycles. The number of likely N-dealkylation sites (tertiary alicyclic amines) is 1. The van der Waals surface area contributed by atoms with Crippen molar-refractivity contribution >= 4 is 11.0 Å². The zero-order valence-electron chi connectivity index (χ0n) is 9.98. The summed E-state index contributed by atoms with van der Waals surface area (Å²) in [5.74, 6) is 0. The number of hydrogen-bond donors (Lipinski definition) is 1. The van der Waals surface area contributed by atoms with E-state index in [-0.39, 0.29) is 0 Å². The molecule has 0 unspecified atom stereocenters. The molecule has 1 aromatic carbocycles. The molecular weight excluding hydrogens is 212 g/mol. The van der Waals surface area contributed by atoms with Crippen LogP contribution in [0.1, 0.15) is 24.0 Å². The third-order valence-corrected chi connectivity index (χ3v) is 3.55. The first kappa shape index (κ1) is 10.8. The zero-order chi connectivity index (χ0) is 11.7. The van der Waals surface area contributed by atoms with Crippen LogP contribution in [0, 0.1) is 0 Å². The molecule has 0 radical (unpaired) electrons. The minimum Gasteiger partial charge on any atom is -0.464 e. The summed E-state index contributed by atoms with van der Waals surface area (Å²) < 4.78 is 5.59. The Morgan fingerprint density at radius 3 is 2.82 bits per heavy atom. The third-order valence-electron chi connectivity index (χ3n) is 3.55. The maximum Gasteiger partial charge on any atom is 0.134 e. The average Bonchev–Trinajstić information content (AvgIpc) is 2.99. The maximum atomic E-state index is 5.68. The molecule has 3 rings (SSSR count). The van der Waals surface area contributed by atoms with Crippen molar-refractivity contribution in [3.05, 3.63) is 35.6 Å². The van der Waals surface area contributed by atoms with Gasteiger partial charge in [-0.05, 0) is 43.6 Å². The molecule has 0 bridgehead atoms. The Balaban J connectivity index is 1.92. The van der Waals surface area contributed by atoms with Crippen molar-refractivity contribution in [2.24, 2.45) is 5.73 Å². The van der Waals surface area contributed by atoms with Crippen LogP contribution in [0.3, 0.4) is 0 Å². The van der Waals surface area contributed by atoms with Crippen LogP contribution in [0.2, 0.25) is 0 Å². The Bertz CT molecular complexity index is 512. The lowest BCUT2D eigenvalue weighted by Crippen LogP contribution is -2.18. The molecule has 3 nitrogen and oxygen atoms in total. The summed E-state index contributed by atoms with van der Waals surface area (Å²) in [5.41, 5.74) is 9.11. The molecule has 3 heteroatoms. The lowest BCUT2D eigenvalue weighted by Gasteiger charge is -2.13. The van der Waals surface area contributed by atoms with Gasteiger partial charge in [0.05, 0.1) is 6.26 Å². The van der Waals surface area contributed by atoms with Crippen molar-refractivity contribution in [3.63, 3.8) is 0 Å². The molecule has 0 aliphatic carbocycles.